The van der Waals surface area contributed by atoms with Crippen LogP contribution in [0.1, 0.15) is 12.0 Å². The number of aliphatic carboxylic acids is 1. The lowest BCUT2D eigenvalue weighted by Gasteiger charge is -2.37. The molecule has 10 nitrogen and oxygen atoms in total. The van der Waals surface area contributed by atoms with E-state index in [1.54, 1.807) is 12.1 Å². The molecule has 1 aliphatic rings. The van der Waals surface area contributed by atoms with Gasteiger partial charge in [0.05, 0.1) is 10.5 Å². The summed E-state index contributed by atoms with van der Waals surface area (Å²) in [5.41, 5.74) is 2.57. The molecule has 0 spiro atoms. The molecule has 3 aromatic rings. The Morgan fingerprint density at radius 2 is 2.00 bits per heavy atom. The SMILES string of the molecule is NS(=O)(=O)c1cccc(-c2ccc(CN3CCC3C(=O)O)cc2)c1-c1nn[nH]n1. The second-order valence-electron chi connectivity index (χ2n) is 6.77. The summed E-state index contributed by atoms with van der Waals surface area (Å²) in [6.07, 6.45) is 0.655. The van der Waals surface area contributed by atoms with Crippen LogP contribution in [0.5, 0.6) is 0 Å². The first-order valence-corrected chi connectivity index (χ1v) is 10.3. The number of benzene rings is 2. The average molecular weight is 414 g/mol. The van der Waals surface area contributed by atoms with Crippen molar-refractivity contribution in [2.24, 2.45) is 5.14 Å². The minimum atomic E-state index is -4.01. The summed E-state index contributed by atoms with van der Waals surface area (Å²) in [7, 11) is -4.01. The number of sulfonamides is 1. The van der Waals surface area contributed by atoms with Gasteiger partial charge in [-0.25, -0.2) is 13.6 Å². The van der Waals surface area contributed by atoms with Crippen molar-refractivity contribution in [3.05, 3.63) is 48.0 Å². The largest absolute Gasteiger partial charge is 0.480 e. The average Bonchev–Trinajstić information content (AvgIpc) is 3.18. The highest BCUT2D eigenvalue weighted by atomic mass is 32.2. The standard InChI is InChI=1S/C18H18N6O4S/c19-29(27,28)15-3-1-2-13(16(15)17-20-22-23-21-17)12-6-4-11(5-7-12)10-24-9-8-14(24)18(25)26/h1-7,14H,8-10H2,(H,25,26)(H2,19,27,28)(H,20,21,22,23). The van der Waals surface area contributed by atoms with Crippen LogP contribution in [0.3, 0.4) is 0 Å². The summed E-state index contributed by atoms with van der Waals surface area (Å²) >= 11 is 0. The number of aromatic nitrogens is 4. The number of H-pyrrole nitrogens is 1. The Labute approximate surface area is 166 Å². The van der Waals surface area contributed by atoms with Crippen molar-refractivity contribution in [2.45, 2.75) is 23.9 Å². The summed E-state index contributed by atoms with van der Waals surface area (Å²) in [6, 6.07) is 11.8. The number of nitrogens with one attached hydrogen (secondary N) is 1. The number of nitrogens with two attached hydrogens (primary N) is 1. The van der Waals surface area contributed by atoms with Gasteiger partial charge in [-0.1, -0.05) is 36.4 Å². The van der Waals surface area contributed by atoms with Crippen molar-refractivity contribution < 1.29 is 18.3 Å². The maximum atomic E-state index is 12.1. The zero-order chi connectivity index (χ0) is 20.6. The van der Waals surface area contributed by atoms with Gasteiger partial charge in [-0.05, 0) is 34.4 Å². The van der Waals surface area contributed by atoms with E-state index in [0.717, 1.165) is 17.7 Å². The number of rotatable bonds is 6. The summed E-state index contributed by atoms with van der Waals surface area (Å²) < 4.78 is 24.1. The van der Waals surface area contributed by atoms with Crippen molar-refractivity contribution in [1.82, 2.24) is 25.5 Å². The number of hydrogen-bond acceptors (Lipinski definition) is 7. The van der Waals surface area contributed by atoms with Crippen LogP contribution in [0.25, 0.3) is 22.5 Å². The number of carboxylic acids is 1. The van der Waals surface area contributed by atoms with Gasteiger partial charge in [0.25, 0.3) is 0 Å². The quantitative estimate of drug-likeness (QED) is 0.536. The lowest BCUT2D eigenvalue weighted by molar-refractivity contribution is -0.148. The first-order chi connectivity index (χ1) is 13.8. The van der Waals surface area contributed by atoms with Crippen molar-refractivity contribution in [3.8, 4) is 22.5 Å². The Kier molecular flexibility index (Phi) is 4.86. The molecule has 1 unspecified atom stereocenters. The molecular weight excluding hydrogens is 396 g/mol. The Morgan fingerprint density at radius 3 is 2.55 bits per heavy atom. The summed E-state index contributed by atoms with van der Waals surface area (Å²) in [4.78, 5) is 13.0. The molecule has 1 saturated heterocycles. The fourth-order valence-corrected chi connectivity index (χ4v) is 4.20. The van der Waals surface area contributed by atoms with Gasteiger partial charge in [-0.3, -0.25) is 9.69 Å². The van der Waals surface area contributed by atoms with Crippen LogP contribution in [-0.2, 0) is 21.4 Å². The Bertz CT molecular complexity index is 1150. The lowest BCUT2D eigenvalue weighted by atomic mass is 9.97. The molecule has 1 aliphatic heterocycles. The predicted octanol–water partition coefficient (Wildman–Crippen LogP) is 0.840. The molecule has 1 atom stereocenters. The molecule has 150 valence electrons. The zero-order valence-electron chi connectivity index (χ0n) is 15.2. The van der Waals surface area contributed by atoms with Gasteiger partial charge < -0.3 is 5.11 Å². The van der Waals surface area contributed by atoms with Crippen LogP contribution in [0.4, 0.5) is 0 Å². The van der Waals surface area contributed by atoms with Gasteiger partial charge in [0.1, 0.15) is 6.04 Å². The maximum absolute atomic E-state index is 12.1. The Morgan fingerprint density at radius 1 is 1.24 bits per heavy atom. The predicted molar refractivity (Wildman–Crippen MR) is 103 cm³/mol. The molecule has 0 aliphatic carbocycles. The van der Waals surface area contributed by atoms with Crippen LogP contribution in [-0.4, -0.2) is 57.6 Å². The molecular formula is C18H18N6O4S. The highest BCUT2D eigenvalue weighted by Crippen LogP contribution is 2.35. The van der Waals surface area contributed by atoms with E-state index in [9.17, 15) is 13.2 Å². The van der Waals surface area contributed by atoms with E-state index in [4.69, 9.17) is 10.2 Å². The van der Waals surface area contributed by atoms with Crippen LogP contribution < -0.4 is 5.14 Å². The molecule has 2 aromatic carbocycles. The molecule has 4 rings (SSSR count). The fourth-order valence-electron chi connectivity index (χ4n) is 3.44. The third kappa shape index (κ3) is 3.75. The molecule has 0 saturated carbocycles. The number of carbonyl (C=O) groups is 1. The van der Waals surface area contributed by atoms with E-state index >= 15 is 0 Å². The lowest BCUT2D eigenvalue weighted by Crippen LogP contribution is -2.51. The van der Waals surface area contributed by atoms with Crippen LogP contribution >= 0.6 is 0 Å². The number of nitrogens with zero attached hydrogens (tertiary/aromatic N) is 4. The van der Waals surface area contributed by atoms with Crippen LogP contribution in [0.15, 0.2) is 47.4 Å². The highest BCUT2D eigenvalue weighted by molar-refractivity contribution is 7.89. The van der Waals surface area contributed by atoms with Crippen LogP contribution in [0.2, 0.25) is 0 Å². The van der Waals surface area contributed by atoms with Gasteiger partial charge in [0.15, 0.2) is 0 Å². The van der Waals surface area contributed by atoms with Gasteiger partial charge in [0, 0.05) is 13.1 Å². The number of aromatic amines is 1. The second-order valence-corrected chi connectivity index (χ2v) is 8.30. The molecule has 29 heavy (non-hydrogen) atoms. The van der Waals surface area contributed by atoms with Gasteiger partial charge in [-0.2, -0.15) is 5.21 Å². The molecule has 0 radical (unpaired) electrons. The zero-order valence-corrected chi connectivity index (χ0v) is 16.0. The molecule has 0 bridgehead atoms. The van der Waals surface area contributed by atoms with Crippen molar-refractivity contribution >= 4 is 16.0 Å². The van der Waals surface area contributed by atoms with Crippen molar-refractivity contribution in [3.63, 3.8) is 0 Å². The minimum Gasteiger partial charge on any atom is -0.480 e. The van der Waals surface area contributed by atoms with E-state index in [-0.39, 0.29) is 16.3 Å². The third-order valence-corrected chi connectivity index (χ3v) is 5.92. The third-order valence-electron chi connectivity index (χ3n) is 4.97. The number of primary sulfonamides is 1. The number of hydrogen-bond donors (Lipinski definition) is 3. The molecule has 2 heterocycles. The molecule has 1 fully saturated rings. The molecule has 1 aromatic heterocycles. The van der Waals surface area contributed by atoms with E-state index in [2.05, 4.69) is 20.6 Å². The molecule has 11 heteroatoms. The highest BCUT2D eigenvalue weighted by Gasteiger charge is 2.33. The fraction of sp³-hybridized carbons (Fsp3) is 0.222. The number of carboxylic acid groups (broad SMARTS) is 1. The Hall–Kier alpha value is -3.15. The molecule has 4 N–H and O–H groups in total. The monoisotopic (exact) mass is 414 g/mol. The normalized spacial score (nSPS) is 17.1. The van der Waals surface area contributed by atoms with Gasteiger partial charge in [-0.15, -0.1) is 10.2 Å². The van der Waals surface area contributed by atoms with E-state index in [1.807, 2.05) is 29.2 Å². The van der Waals surface area contributed by atoms with E-state index in [0.29, 0.717) is 18.5 Å². The summed E-state index contributed by atoms with van der Waals surface area (Å²) in [5, 5.41) is 28.2. The van der Waals surface area contributed by atoms with E-state index < -0.39 is 22.0 Å². The number of tetrazole rings is 1. The smallest absolute Gasteiger partial charge is 0.320 e. The Balaban J connectivity index is 1.69. The van der Waals surface area contributed by atoms with Crippen molar-refractivity contribution in [1.29, 1.82) is 0 Å². The second kappa shape index (κ2) is 7.35. The van der Waals surface area contributed by atoms with Gasteiger partial charge >= 0.3 is 5.97 Å². The maximum Gasteiger partial charge on any atom is 0.320 e. The minimum absolute atomic E-state index is 0.0923. The summed E-state index contributed by atoms with van der Waals surface area (Å²) in [5.74, 6) is -0.684. The topological polar surface area (TPSA) is 155 Å². The van der Waals surface area contributed by atoms with E-state index in [1.165, 1.54) is 6.07 Å². The first-order valence-electron chi connectivity index (χ1n) is 8.80. The van der Waals surface area contributed by atoms with Crippen LogP contribution in [0, 0.1) is 0 Å². The first kappa shape index (κ1) is 19.2. The summed E-state index contributed by atoms with van der Waals surface area (Å²) in [6.45, 7) is 1.28. The molecule has 0 amide bonds. The van der Waals surface area contributed by atoms with Gasteiger partial charge in [0.2, 0.25) is 15.8 Å². The van der Waals surface area contributed by atoms with Crippen molar-refractivity contribution in [2.75, 3.05) is 6.54 Å². The number of likely N-dealkylation sites (tertiary alicyclic amines) is 1.